The molecule has 1 fully saturated rings. The number of imide groups is 1. The monoisotopic (exact) mass is 711 g/mol. The highest BCUT2D eigenvalue weighted by Crippen LogP contribution is 2.30. The van der Waals surface area contributed by atoms with Crippen LogP contribution in [0, 0.1) is 6.92 Å². The molecule has 2 aliphatic rings. The highest BCUT2D eigenvalue weighted by Gasteiger charge is 2.40. The van der Waals surface area contributed by atoms with E-state index in [1.165, 1.54) is 9.80 Å². The molecule has 0 saturated carbocycles. The number of likely N-dealkylation sites (N-methyl/N-ethyl adjacent to an activating group) is 1. The van der Waals surface area contributed by atoms with Crippen molar-refractivity contribution in [3.63, 3.8) is 0 Å². The molecule has 2 aromatic heterocycles. The summed E-state index contributed by atoms with van der Waals surface area (Å²) in [5.41, 5.74) is 3.60. The number of carbonyl (C=O) groups excluding carboxylic acids is 4. The molecule has 6 rings (SSSR count). The van der Waals surface area contributed by atoms with Gasteiger partial charge in [-0.3, -0.25) is 24.3 Å². The Kier molecular flexibility index (Phi) is 10.9. The molecule has 0 radical (unpaired) electrons. The second-order valence-electron chi connectivity index (χ2n) is 12.0. The number of hydrogen-bond donors (Lipinski definition) is 1. The quantitative estimate of drug-likeness (QED) is 0.193. The van der Waals surface area contributed by atoms with E-state index >= 15 is 0 Å². The van der Waals surface area contributed by atoms with Crippen LogP contribution in [-0.4, -0.2) is 80.7 Å². The third-order valence-electron chi connectivity index (χ3n) is 8.55. The zero-order chi connectivity index (χ0) is 37.0. The van der Waals surface area contributed by atoms with E-state index in [0.29, 0.717) is 42.3 Å². The van der Waals surface area contributed by atoms with Crippen molar-refractivity contribution in [1.82, 2.24) is 19.4 Å². The number of carbonyl (C=O) groups is 4. The summed E-state index contributed by atoms with van der Waals surface area (Å²) in [5, 5.41) is 19.0. The lowest BCUT2D eigenvalue weighted by Gasteiger charge is -2.18. The highest BCUT2D eigenvalue weighted by atomic mass is 19.4. The molecule has 13 nitrogen and oxygen atoms in total. The molecular weight excluding hydrogens is 675 g/mol. The number of aromatic hydroxyl groups is 1. The number of ether oxygens (including phenoxy) is 2. The Balaban J connectivity index is 0.000000654. The third-order valence-corrected chi connectivity index (χ3v) is 8.55. The average Bonchev–Trinajstić information content (AvgIpc) is 3.78. The van der Waals surface area contributed by atoms with Gasteiger partial charge >= 0.3 is 6.18 Å². The summed E-state index contributed by atoms with van der Waals surface area (Å²) in [5.74, 6) is -2.61. The Morgan fingerprint density at radius 3 is 2.35 bits per heavy atom. The number of para-hydroxylation sites is 1. The van der Waals surface area contributed by atoms with E-state index in [2.05, 4.69) is 9.55 Å². The molecule has 4 heterocycles. The fraction of sp³-hybridized carbons (Fsp3) is 0.371. The molecule has 4 aromatic rings. The summed E-state index contributed by atoms with van der Waals surface area (Å²) >= 11 is 0. The van der Waals surface area contributed by atoms with E-state index in [1.54, 1.807) is 43.4 Å². The van der Waals surface area contributed by atoms with Crippen molar-refractivity contribution in [2.75, 3.05) is 20.3 Å². The number of hydrogen-bond acceptors (Lipinski definition) is 9. The molecule has 1 N–H and O–H groups in total. The van der Waals surface area contributed by atoms with Gasteiger partial charge in [0.05, 0.1) is 30.3 Å². The number of aromatic nitrogens is 3. The smallest absolute Gasteiger partial charge is 0.430 e. The Labute approximate surface area is 290 Å². The van der Waals surface area contributed by atoms with Crippen molar-refractivity contribution in [1.29, 1.82) is 0 Å². The molecular formula is C35H36F3N5O8. The zero-order valence-electron chi connectivity index (χ0n) is 28.1. The zero-order valence-corrected chi connectivity index (χ0v) is 28.1. The van der Waals surface area contributed by atoms with Crippen molar-refractivity contribution < 1.29 is 56.6 Å². The summed E-state index contributed by atoms with van der Waals surface area (Å²) in [6.45, 7) is 5.61. The average molecular weight is 712 g/mol. The van der Waals surface area contributed by atoms with Gasteiger partial charge in [0.2, 0.25) is 5.52 Å². The minimum absolute atomic E-state index is 0.00304. The van der Waals surface area contributed by atoms with Gasteiger partial charge in [-0.2, -0.15) is 13.2 Å². The molecule has 2 aliphatic heterocycles. The van der Waals surface area contributed by atoms with Gasteiger partial charge in [-0.25, -0.2) is 9.13 Å². The molecule has 0 aliphatic carbocycles. The summed E-state index contributed by atoms with van der Waals surface area (Å²) < 4.78 is 47.8. The van der Waals surface area contributed by atoms with Crippen LogP contribution in [0.4, 0.5) is 13.2 Å². The summed E-state index contributed by atoms with van der Waals surface area (Å²) in [6.07, 6.45) is -3.30. The third kappa shape index (κ3) is 7.95. The van der Waals surface area contributed by atoms with E-state index in [1.807, 2.05) is 36.6 Å². The number of aliphatic carboxylic acids is 1. The van der Waals surface area contributed by atoms with Gasteiger partial charge in [0.1, 0.15) is 30.5 Å². The predicted molar refractivity (Wildman–Crippen MR) is 171 cm³/mol. The lowest BCUT2D eigenvalue weighted by atomic mass is 10.1. The second-order valence-corrected chi connectivity index (χ2v) is 12.0. The fourth-order valence-electron chi connectivity index (χ4n) is 6.04. The number of halogens is 3. The van der Waals surface area contributed by atoms with E-state index in [9.17, 15) is 32.7 Å². The Hall–Kier alpha value is -5.51. The Bertz CT molecular complexity index is 1940. The van der Waals surface area contributed by atoms with Gasteiger partial charge in [-0.1, -0.05) is 18.2 Å². The normalized spacial score (nSPS) is 15.5. The first kappa shape index (κ1) is 36.8. The van der Waals surface area contributed by atoms with Crippen molar-refractivity contribution in [3.05, 3.63) is 82.9 Å². The van der Waals surface area contributed by atoms with Crippen LogP contribution in [0.25, 0.3) is 11.0 Å². The van der Waals surface area contributed by atoms with Crippen molar-refractivity contribution in [2.24, 2.45) is 0 Å². The molecule has 16 heteroatoms. The van der Waals surface area contributed by atoms with E-state index < -0.39 is 12.1 Å². The van der Waals surface area contributed by atoms with Crippen LogP contribution >= 0.6 is 0 Å². The first-order valence-corrected chi connectivity index (χ1v) is 16.1. The van der Waals surface area contributed by atoms with Crippen LogP contribution in [-0.2, 0) is 40.5 Å². The maximum atomic E-state index is 13.3. The molecule has 3 amide bonds. The van der Waals surface area contributed by atoms with Gasteiger partial charge in [-0.15, -0.1) is 0 Å². The number of alkyl halides is 3. The predicted octanol–water partition coefficient (Wildman–Crippen LogP) is 2.67. The molecule has 0 spiro atoms. The SMILES string of the molecule is CC[n+]1c(CN2C(=O)c3ccccc3C2=O)n(C[C@@H]2CCCO2)c2cccc(OCC(=O)N(C)Cc3nc(C)ccc3O)c21.O=C([O-])C(F)(F)F. The number of pyridine rings is 1. The minimum atomic E-state index is -5.19. The molecule has 0 unspecified atom stereocenters. The molecule has 2 aromatic carbocycles. The van der Waals surface area contributed by atoms with Gasteiger partial charge in [0.25, 0.3) is 23.5 Å². The van der Waals surface area contributed by atoms with Gasteiger partial charge in [0, 0.05) is 19.3 Å². The van der Waals surface area contributed by atoms with Crippen LogP contribution in [0.1, 0.15) is 57.7 Å². The van der Waals surface area contributed by atoms with E-state index in [4.69, 9.17) is 19.4 Å². The standard InChI is InChI=1S/C33H35N5O6.C2HF3O2/c1-4-36-29(19-38-32(41)23-10-5-6-11-24(23)33(38)42)37(17-22-9-8-16-43-22)26-12-7-13-28(31(26)36)44-20-30(40)35(3)18-25-27(39)15-14-21(2)34-25;3-2(4,5)1(6)7/h5-7,10-15,22H,4,8-9,16-20H2,1-3H3;(H,6,7)/t22-;/m0./s1. The maximum absolute atomic E-state index is 13.3. The van der Waals surface area contributed by atoms with E-state index in [-0.39, 0.29) is 49.3 Å². The number of fused-ring (bicyclic) bond motifs is 2. The Morgan fingerprint density at radius 2 is 1.76 bits per heavy atom. The van der Waals surface area contributed by atoms with Crippen LogP contribution in [0.5, 0.6) is 11.5 Å². The van der Waals surface area contributed by atoms with Crippen molar-refractivity contribution in [3.8, 4) is 11.5 Å². The van der Waals surface area contributed by atoms with Gasteiger partial charge < -0.3 is 29.4 Å². The number of benzene rings is 2. The van der Waals surface area contributed by atoms with Crippen LogP contribution in [0.2, 0.25) is 0 Å². The summed E-state index contributed by atoms with van der Waals surface area (Å²) in [6, 6.07) is 15.8. The number of carboxylic acid groups (broad SMARTS) is 1. The minimum Gasteiger partial charge on any atom is -0.542 e. The van der Waals surface area contributed by atoms with Crippen LogP contribution < -0.4 is 14.4 Å². The molecule has 51 heavy (non-hydrogen) atoms. The fourth-order valence-corrected chi connectivity index (χ4v) is 6.04. The topological polar surface area (TPSA) is 158 Å². The number of rotatable bonds is 10. The number of carboxylic acids is 1. The lowest BCUT2D eigenvalue weighted by Crippen LogP contribution is -2.42. The summed E-state index contributed by atoms with van der Waals surface area (Å²) in [4.78, 5) is 55.7. The number of amides is 3. The number of nitrogens with zero attached hydrogens (tertiary/aromatic N) is 5. The molecule has 1 atom stereocenters. The van der Waals surface area contributed by atoms with Crippen LogP contribution in [0.3, 0.4) is 0 Å². The number of aryl methyl sites for hydroxylation is 2. The largest absolute Gasteiger partial charge is 0.542 e. The molecule has 270 valence electrons. The Morgan fingerprint density at radius 1 is 1.10 bits per heavy atom. The lowest BCUT2D eigenvalue weighted by molar-refractivity contribution is -0.677. The maximum Gasteiger partial charge on any atom is 0.430 e. The second kappa shape index (κ2) is 15.2. The first-order valence-electron chi connectivity index (χ1n) is 16.1. The van der Waals surface area contributed by atoms with Gasteiger partial charge in [-0.05, 0) is 63.1 Å². The molecule has 1 saturated heterocycles. The number of imidazole rings is 1. The van der Waals surface area contributed by atoms with Crippen molar-refractivity contribution >= 4 is 34.7 Å². The van der Waals surface area contributed by atoms with Crippen molar-refractivity contribution in [2.45, 2.75) is 65.1 Å². The van der Waals surface area contributed by atoms with Gasteiger partial charge in [0.15, 0.2) is 17.9 Å². The molecule has 0 bridgehead atoms. The highest BCUT2D eigenvalue weighted by molar-refractivity contribution is 6.21. The summed E-state index contributed by atoms with van der Waals surface area (Å²) in [7, 11) is 1.64. The van der Waals surface area contributed by atoms with Crippen LogP contribution in [0.15, 0.2) is 54.6 Å². The first-order chi connectivity index (χ1) is 24.2. The van der Waals surface area contributed by atoms with E-state index in [0.717, 1.165) is 35.4 Å².